The highest BCUT2D eigenvalue weighted by Gasteiger charge is 2.26. The van der Waals surface area contributed by atoms with Crippen molar-refractivity contribution >= 4 is 172 Å². The van der Waals surface area contributed by atoms with E-state index in [0.29, 0.717) is 5.82 Å². The fourth-order valence-corrected chi connectivity index (χ4v) is 20.3. The van der Waals surface area contributed by atoms with Crippen molar-refractivity contribution in [3.05, 3.63) is 326 Å². The van der Waals surface area contributed by atoms with Crippen molar-refractivity contribution in [3.8, 4) is 56.4 Å². The van der Waals surface area contributed by atoms with Gasteiger partial charge < -0.3 is 13.6 Å². The first-order valence-electron chi connectivity index (χ1n) is 35.4. The van der Waals surface area contributed by atoms with Crippen LogP contribution in [0.3, 0.4) is 0 Å². The second-order valence-electron chi connectivity index (χ2n) is 27.4. The Morgan fingerprint density at radius 1 is 0.356 bits per heavy atom. The van der Waals surface area contributed by atoms with Crippen molar-refractivity contribution in [3.63, 3.8) is 0 Å². The molecule has 0 N–H and O–H groups in total. The summed E-state index contributed by atoms with van der Waals surface area (Å²) >= 11 is 5.59. The number of nitrogens with zero attached hydrogens (tertiary/aromatic N) is 6. The van der Waals surface area contributed by atoms with E-state index in [2.05, 4.69) is 313 Å². The zero-order valence-corrected chi connectivity index (χ0v) is 58.6. The Kier molecular flexibility index (Phi) is 13.3. The van der Waals surface area contributed by atoms with E-state index in [9.17, 15) is 0 Å². The summed E-state index contributed by atoms with van der Waals surface area (Å²) in [6.45, 7) is 2.17. The zero-order valence-electron chi connectivity index (χ0n) is 56.2. The number of hydrogen-bond acceptors (Lipinski definition) is 8. The maximum atomic E-state index is 6.40. The summed E-state index contributed by atoms with van der Waals surface area (Å²) in [7, 11) is 0. The summed E-state index contributed by atoms with van der Waals surface area (Å²) in [6.07, 6.45) is 1.72. The largest absolute Gasteiger partial charge is 0.456 e. The summed E-state index contributed by atoms with van der Waals surface area (Å²) in [5.41, 5.74) is 21.6. The SMILES string of the molecule is Cc1c(-c2ccccc2)nc(-c2ccc(-c3cccc4c3sc3ccc5c(c6ccccc6n5-c5ccc6c(c5)sc5cc(C7CCC(c8ccccc8)=NC(c8ccccc8)=N7)ccc56)c34)cc2)nc1-c1ccc2c(c1)sc1cc(-n3c4ccccc4c4c5c(ccc43)oc3ccccc35)ccc12. The lowest BCUT2D eigenvalue weighted by molar-refractivity contribution is 0.669. The molecule has 14 aromatic carbocycles. The van der Waals surface area contributed by atoms with E-state index in [-0.39, 0.29) is 6.04 Å². The molecule has 0 radical (unpaired) electrons. The Morgan fingerprint density at radius 2 is 0.894 bits per heavy atom. The van der Waals surface area contributed by atoms with Crippen molar-refractivity contribution in [2.45, 2.75) is 25.8 Å². The molecule has 0 fully saturated rings. The molecule has 1 unspecified atom stereocenters. The van der Waals surface area contributed by atoms with E-state index in [1.54, 1.807) is 0 Å². The molecular formula is C94H58N6OS3. The van der Waals surface area contributed by atoms with Crippen LogP contribution in [0.25, 0.3) is 182 Å². The molecule has 1 atom stereocenters. The fourth-order valence-electron chi connectivity index (χ4n) is 16.7. The van der Waals surface area contributed by atoms with Crippen LogP contribution in [0.2, 0.25) is 0 Å². The van der Waals surface area contributed by atoms with Crippen molar-refractivity contribution in [2.24, 2.45) is 9.98 Å². The third-order valence-corrected chi connectivity index (χ3v) is 25.0. The normalized spacial score (nSPS) is 13.8. The second kappa shape index (κ2) is 23.3. The smallest absolute Gasteiger partial charge is 0.160 e. The number of aromatic nitrogens is 4. The van der Waals surface area contributed by atoms with E-state index in [1.807, 2.05) is 40.1 Å². The van der Waals surface area contributed by atoms with Crippen LogP contribution in [-0.2, 0) is 0 Å². The molecule has 104 heavy (non-hydrogen) atoms. The minimum absolute atomic E-state index is 0.0262. The lowest BCUT2D eigenvalue weighted by Gasteiger charge is -2.14. The molecule has 7 aromatic heterocycles. The number of aliphatic imine (C=N–C) groups is 2. The first-order valence-corrected chi connectivity index (χ1v) is 37.9. The molecule has 0 saturated carbocycles. The van der Waals surface area contributed by atoms with Crippen molar-refractivity contribution in [1.29, 1.82) is 0 Å². The number of benzene rings is 14. The first kappa shape index (κ1) is 59.3. The van der Waals surface area contributed by atoms with Crippen LogP contribution in [0, 0.1) is 6.92 Å². The minimum Gasteiger partial charge on any atom is -0.456 e. The number of fused-ring (bicyclic) bond motifs is 20. The van der Waals surface area contributed by atoms with Gasteiger partial charge in [-0.3, -0.25) is 4.99 Å². The van der Waals surface area contributed by atoms with Gasteiger partial charge in [0, 0.05) is 132 Å². The molecule has 0 amide bonds. The van der Waals surface area contributed by atoms with E-state index in [4.69, 9.17) is 24.4 Å². The van der Waals surface area contributed by atoms with Gasteiger partial charge in [0.05, 0.1) is 45.2 Å². The summed E-state index contributed by atoms with van der Waals surface area (Å²) in [5.74, 6) is 1.48. The second-order valence-corrected chi connectivity index (χ2v) is 30.6. The molecule has 1 aliphatic heterocycles. The van der Waals surface area contributed by atoms with Gasteiger partial charge in [-0.2, -0.15) is 0 Å². The molecule has 0 bridgehead atoms. The average Bonchev–Trinajstić information content (AvgIpc) is 1.55. The van der Waals surface area contributed by atoms with Crippen LogP contribution in [-0.4, -0.2) is 30.6 Å². The lowest BCUT2D eigenvalue weighted by Crippen LogP contribution is -2.04. The molecule has 10 heteroatoms. The fraction of sp³-hybridized carbons (Fsp3) is 0.0426. The van der Waals surface area contributed by atoms with Crippen LogP contribution in [0.4, 0.5) is 0 Å². The number of hydrogen-bond donors (Lipinski definition) is 0. The Labute approximate surface area is 608 Å². The third-order valence-electron chi connectivity index (χ3n) is 21.5. The summed E-state index contributed by atoms with van der Waals surface area (Å²) in [6, 6.07) is 110. The van der Waals surface area contributed by atoms with Crippen molar-refractivity contribution < 1.29 is 4.42 Å². The summed E-state index contributed by atoms with van der Waals surface area (Å²) < 4.78 is 18.8. The quantitative estimate of drug-likeness (QED) is 0.145. The van der Waals surface area contributed by atoms with Crippen LogP contribution >= 0.6 is 34.0 Å². The number of para-hydroxylation sites is 3. The number of rotatable bonds is 9. The van der Waals surface area contributed by atoms with Gasteiger partial charge >= 0.3 is 0 Å². The monoisotopic (exact) mass is 1380 g/mol. The van der Waals surface area contributed by atoms with Gasteiger partial charge in [0.1, 0.15) is 11.2 Å². The van der Waals surface area contributed by atoms with E-state index in [1.165, 1.54) is 110 Å². The molecular weight excluding hydrogens is 1330 g/mol. The van der Waals surface area contributed by atoms with E-state index < -0.39 is 0 Å². The van der Waals surface area contributed by atoms with Crippen molar-refractivity contribution in [2.75, 3.05) is 0 Å². The average molecular weight is 1380 g/mol. The molecule has 0 spiro atoms. The highest BCUT2D eigenvalue weighted by atomic mass is 32.1. The number of furan rings is 1. The predicted octanol–water partition coefficient (Wildman–Crippen LogP) is 26.4. The van der Waals surface area contributed by atoms with Gasteiger partial charge in [0.15, 0.2) is 11.7 Å². The Balaban J connectivity index is 0.600. The van der Waals surface area contributed by atoms with E-state index >= 15 is 0 Å². The number of amidine groups is 1. The topological polar surface area (TPSA) is 73.5 Å². The molecule has 0 saturated heterocycles. The van der Waals surface area contributed by atoms with Crippen LogP contribution in [0.5, 0.6) is 0 Å². The summed E-state index contributed by atoms with van der Waals surface area (Å²) in [4.78, 5) is 21.5. The Hall–Kier alpha value is -12.4. The molecule has 22 rings (SSSR count). The van der Waals surface area contributed by atoms with Gasteiger partial charge in [0.25, 0.3) is 0 Å². The summed E-state index contributed by atoms with van der Waals surface area (Å²) in [5, 5.41) is 14.8. The molecule has 0 aliphatic carbocycles. The molecule has 7 nitrogen and oxygen atoms in total. The standard InChI is InChI=1S/C94H58N6OS3/c1-54-90(57-20-7-3-8-21-57)97-94(98-91(54)61-37-41-66-68-43-38-62(52-85(68)103-83(66)51-61)99-75-29-14-11-24-69(75)86-77(99)46-48-80-88(86)71-26-13-16-31-79(71)101-80)59-34-32-55(33-35-59)64-27-17-28-72-89-81(104-92(64)72)49-47-78-87(89)70-25-12-15-30-76(70)100(78)63-39-42-67-65-40-36-60(50-82(65)102-84(67)53-63)74-45-44-73(56-18-5-2-6-19-56)95-93(96-74)58-22-9-4-10-23-58/h2-43,46-53,74H,44-45H2,1H3. The van der Waals surface area contributed by atoms with E-state index in [0.717, 1.165) is 114 Å². The molecule has 21 aromatic rings. The van der Waals surface area contributed by atoms with Gasteiger partial charge in [-0.15, -0.1) is 34.0 Å². The third kappa shape index (κ3) is 9.25. The van der Waals surface area contributed by atoms with Crippen LogP contribution in [0.1, 0.15) is 41.1 Å². The van der Waals surface area contributed by atoms with Gasteiger partial charge in [0.2, 0.25) is 0 Å². The highest BCUT2D eigenvalue weighted by molar-refractivity contribution is 7.27. The molecule has 8 heterocycles. The van der Waals surface area contributed by atoms with Crippen molar-refractivity contribution in [1.82, 2.24) is 19.1 Å². The Morgan fingerprint density at radius 3 is 1.59 bits per heavy atom. The zero-order chi connectivity index (χ0) is 68.3. The maximum absolute atomic E-state index is 6.40. The van der Waals surface area contributed by atoms with Gasteiger partial charge in [-0.1, -0.05) is 224 Å². The first-order chi connectivity index (χ1) is 51.4. The number of thiophene rings is 3. The molecule has 488 valence electrons. The maximum Gasteiger partial charge on any atom is 0.160 e. The minimum atomic E-state index is -0.0262. The molecule has 1 aliphatic rings. The lowest BCUT2D eigenvalue weighted by atomic mass is 9.98. The predicted molar refractivity (Wildman–Crippen MR) is 441 cm³/mol. The van der Waals surface area contributed by atoms with Gasteiger partial charge in [-0.05, 0) is 121 Å². The van der Waals surface area contributed by atoms with Crippen LogP contribution in [0.15, 0.2) is 318 Å². The Bertz CT molecular complexity index is 7230. The highest BCUT2D eigenvalue weighted by Crippen LogP contribution is 2.49. The van der Waals surface area contributed by atoms with Gasteiger partial charge in [-0.25, -0.2) is 15.0 Å². The van der Waals surface area contributed by atoms with Crippen LogP contribution < -0.4 is 0 Å².